The van der Waals surface area contributed by atoms with Gasteiger partial charge >= 0.3 is 0 Å². The average molecular weight is 318 g/mol. The molecule has 2 unspecified atom stereocenters. The lowest BCUT2D eigenvalue weighted by atomic mass is 10.00. The average Bonchev–Trinajstić information content (AvgIpc) is 2.43. The molecule has 0 bridgehead atoms. The van der Waals surface area contributed by atoms with Crippen LogP contribution in [0.3, 0.4) is 0 Å². The molecular formula is C15H21Cl2NO2. The second-order valence-corrected chi connectivity index (χ2v) is 6.22. The van der Waals surface area contributed by atoms with Crippen molar-refractivity contribution in [3.63, 3.8) is 0 Å². The molecule has 0 spiro atoms. The Bertz CT molecular complexity index is 454. The molecule has 1 aromatic rings. The summed E-state index contributed by atoms with van der Waals surface area (Å²) < 4.78 is 5.64. The third-order valence-electron chi connectivity index (χ3n) is 3.64. The van der Waals surface area contributed by atoms with Crippen LogP contribution in [0.2, 0.25) is 10.0 Å². The van der Waals surface area contributed by atoms with Crippen LogP contribution in [-0.2, 0) is 0 Å². The van der Waals surface area contributed by atoms with Gasteiger partial charge in [-0.05, 0) is 37.4 Å². The lowest BCUT2D eigenvalue weighted by molar-refractivity contribution is 0.225. The maximum Gasteiger partial charge on any atom is 0.142 e. The van der Waals surface area contributed by atoms with Crippen LogP contribution in [0.25, 0.3) is 0 Å². The van der Waals surface area contributed by atoms with Crippen LogP contribution < -0.4 is 10.1 Å². The van der Waals surface area contributed by atoms with Crippen molar-refractivity contribution in [2.75, 3.05) is 19.8 Å². The molecule has 1 heterocycles. The van der Waals surface area contributed by atoms with Crippen LogP contribution >= 0.6 is 23.2 Å². The van der Waals surface area contributed by atoms with Crippen molar-refractivity contribution < 1.29 is 9.84 Å². The van der Waals surface area contributed by atoms with Crippen LogP contribution in [0.1, 0.15) is 37.8 Å². The highest BCUT2D eigenvalue weighted by Crippen LogP contribution is 2.39. The molecule has 1 aromatic carbocycles. The van der Waals surface area contributed by atoms with E-state index in [1.54, 1.807) is 6.07 Å². The summed E-state index contributed by atoms with van der Waals surface area (Å²) in [5.41, 5.74) is 1.05. The Morgan fingerprint density at radius 3 is 3.00 bits per heavy atom. The summed E-state index contributed by atoms with van der Waals surface area (Å²) in [5.74, 6) is 1.12. The zero-order valence-corrected chi connectivity index (χ0v) is 13.2. The maximum atomic E-state index is 9.01. The summed E-state index contributed by atoms with van der Waals surface area (Å²) >= 11 is 12.2. The second-order valence-electron chi connectivity index (χ2n) is 5.38. The fraction of sp³-hybridized carbons (Fsp3) is 0.600. The van der Waals surface area contributed by atoms with E-state index in [0.717, 1.165) is 37.1 Å². The molecule has 0 radical (unpaired) electrons. The van der Waals surface area contributed by atoms with Crippen LogP contribution in [0.4, 0.5) is 0 Å². The zero-order valence-electron chi connectivity index (χ0n) is 11.7. The molecule has 20 heavy (non-hydrogen) atoms. The van der Waals surface area contributed by atoms with Crippen molar-refractivity contribution in [2.24, 2.45) is 5.92 Å². The first-order valence-electron chi connectivity index (χ1n) is 7.07. The Hall–Kier alpha value is -0.480. The molecule has 0 amide bonds. The number of fused-ring (bicyclic) bond motifs is 1. The number of benzene rings is 1. The number of ether oxygens (including phenoxy) is 1. The Morgan fingerprint density at radius 2 is 2.25 bits per heavy atom. The van der Waals surface area contributed by atoms with Gasteiger partial charge in [0.25, 0.3) is 0 Å². The van der Waals surface area contributed by atoms with Crippen LogP contribution in [0.15, 0.2) is 12.1 Å². The predicted octanol–water partition coefficient (Wildman–Crippen LogP) is 3.82. The number of rotatable bonds is 6. The van der Waals surface area contributed by atoms with Crippen LogP contribution in [0, 0.1) is 5.92 Å². The largest absolute Gasteiger partial charge is 0.492 e. The summed E-state index contributed by atoms with van der Waals surface area (Å²) in [5, 5.41) is 13.8. The molecule has 0 saturated carbocycles. The van der Waals surface area contributed by atoms with E-state index >= 15 is 0 Å². The molecule has 1 aliphatic heterocycles. The van der Waals surface area contributed by atoms with E-state index in [1.165, 1.54) is 0 Å². The first-order chi connectivity index (χ1) is 9.61. The zero-order chi connectivity index (χ0) is 14.5. The van der Waals surface area contributed by atoms with Crippen molar-refractivity contribution in [1.82, 2.24) is 5.32 Å². The molecule has 112 valence electrons. The van der Waals surface area contributed by atoms with Crippen molar-refractivity contribution in [3.8, 4) is 5.75 Å². The van der Waals surface area contributed by atoms with E-state index in [9.17, 15) is 0 Å². The summed E-state index contributed by atoms with van der Waals surface area (Å²) in [6.45, 7) is 3.90. The molecule has 2 rings (SSSR count). The van der Waals surface area contributed by atoms with E-state index < -0.39 is 0 Å². The first kappa shape index (κ1) is 15.9. The van der Waals surface area contributed by atoms with E-state index in [2.05, 4.69) is 12.2 Å². The van der Waals surface area contributed by atoms with Crippen LogP contribution in [-0.4, -0.2) is 24.9 Å². The monoisotopic (exact) mass is 317 g/mol. The van der Waals surface area contributed by atoms with Crippen molar-refractivity contribution in [2.45, 2.75) is 32.2 Å². The summed E-state index contributed by atoms with van der Waals surface area (Å²) in [6.07, 6.45) is 2.98. The number of hydrogen-bond acceptors (Lipinski definition) is 3. The van der Waals surface area contributed by atoms with E-state index in [4.69, 9.17) is 33.0 Å². The van der Waals surface area contributed by atoms with E-state index in [1.807, 2.05) is 6.07 Å². The third-order valence-corrected chi connectivity index (χ3v) is 4.14. The molecule has 0 aromatic heterocycles. The molecule has 2 N–H and O–H groups in total. The fourth-order valence-corrected chi connectivity index (χ4v) is 3.02. The maximum absolute atomic E-state index is 9.01. The van der Waals surface area contributed by atoms with Gasteiger partial charge in [-0.25, -0.2) is 0 Å². The highest BCUT2D eigenvalue weighted by atomic mass is 35.5. The van der Waals surface area contributed by atoms with Gasteiger partial charge in [0, 0.05) is 29.7 Å². The third kappa shape index (κ3) is 4.01. The van der Waals surface area contributed by atoms with Gasteiger partial charge in [0.2, 0.25) is 0 Å². The van der Waals surface area contributed by atoms with Crippen LogP contribution in [0.5, 0.6) is 5.75 Å². The van der Waals surface area contributed by atoms with E-state index in [-0.39, 0.29) is 12.6 Å². The minimum Gasteiger partial charge on any atom is -0.492 e. The van der Waals surface area contributed by atoms with Gasteiger partial charge in [-0.15, -0.1) is 0 Å². The molecule has 0 aliphatic carbocycles. The first-order valence-corrected chi connectivity index (χ1v) is 7.83. The van der Waals surface area contributed by atoms with E-state index in [0.29, 0.717) is 22.6 Å². The number of halogens is 2. The van der Waals surface area contributed by atoms with Gasteiger partial charge in [0.05, 0.1) is 11.6 Å². The fourth-order valence-electron chi connectivity index (χ4n) is 2.46. The molecular weight excluding hydrogens is 297 g/mol. The summed E-state index contributed by atoms with van der Waals surface area (Å²) in [4.78, 5) is 0. The quantitative estimate of drug-likeness (QED) is 0.784. The Morgan fingerprint density at radius 1 is 1.45 bits per heavy atom. The van der Waals surface area contributed by atoms with Crippen molar-refractivity contribution in [1.29, 1.82) is 0 Å². The summed E-state index contributed by atoms with van der Waals surface area (Å²) in [7, 11) is 0. The molecule has 0 saturated heterocycles. The van der Waals surface area contributed by atoms with Gasteiger partial charge in [0.15, 0.2) is 0 Å². The van der Waals surface area contributed by atoms with Gasteiger partial charge < -0.3 is 15.2 Å². The Balaban J connectivity index is 1.95. The SMILES string of the molecule is CC(CO)CCCNC1CCOc2c(Cl)cc(Cl)cc21. The molecule has 5 heteroatoms. The van der Waals surface area contributed by atoms with Gasteiger partial charge in [-0.1, -0.05) is 30.1 Å². The van der Waals surface area contributed by atoms with Gasteiger partial charge in [-0.2, -0.15) is 0 Å². The van der Waals surface area contributed by atoms with Crippen molar-refractivity contribution >= 4 is 23.2 Å². The predicted molar refractivity (Wildman–Crippen MR) is 82.8 cm³/mol. The minimum absolute atomic E-state index is 0.236. The number of aliphatic hydroxyl groups excluding tert-OH is 1. The topological polar surface area (TPSA) is 41.5 Å². The number of aliphatic hydroxyl groups is 1. The smallest absolute Gasteiger partial charge is 0.142 e. The lowest BCUT2D eigenvalue weighted by Gasteiger charge is -2.28. The molecule has 3 nitrogen and oxygen atoms in total. The molecule has 1 aliphatic rings. The standard InChI is InChI=1S/C15H21Cl2NO2/c1-10(9-19)3-2-5-18-14-4-6-20-15-12(14)7-11(16)8-13(15)17/h7-8,10,14,18-19H,2-6,9H2,1H3. The van der Waals surface area contributed by atoms with Gasteiger partial charge in [0.1, 0.15) is 5.75 Å². The Kier molecular flexibility index (Phi) is 5.97. The normalized spacial score (nSPS) is 19.3. The van der Waals surface area contributed by atoms with Crippen molar-refractivity contribution in [3.05, 3.63) is 27.7 Å². The Labute approximate surface area is 130 Å². The highest BCUT2D eigenvalue weighted by Gasteiger charge is 2.23. The van der Waals surface area contributed by atoms with Gasteiger partial charge in [-0.3, -0.25) is 0 Å². The molecule has 0 fully saturated rings. The second kappa shape index (κ2) is 7.51. The lowest BCUT2D eigenvalue weighted by Crippen LogP contribution is -2.28. The summed E-state index contributed by atoms with van der Waals surface area (Å²) in [6, 6.07) is 3.88. The molecule has 2 atom stereocenters. The minimum atomic E-state index is 0.236. The number of nitrogens with one attached hydrogen (secondary N) is 1. The number of hydrogen-bond donors (Lipinski definition) is 2. The highest BCUT2D eigenvalue weighted by molar-refractivity contribution is 6.35.